The fourth-order valence-corrected chi connectivity index (χ4v) is 3.63. The first-order chi connectivity index (χ1) is 18.3. The van der Waals surface area contributed by atoms with E-state index in [0.29, 0.717) is 50.2 Å². The van der Waals surface area contributed by atoms with Gasteiger partial charge in [-0.2, -0.15) is 26.3 Å². The maximum atomic E-state index is 12.7. The Labute approximate surface area is 229 Å². The number of nitrogens with zero attached hydrogens (tertiary/aromatic N) is 2. The summed E-state index contributed by atoms with van der Waals surface area (Å²) in [6, 6.07) is 1.10. The van der Waals surface area contributed by atoms with Crippen molar-refractivity contribution in [1.82, 2.24) is 9.88 Å². The Hall–Kier alpha value is -2.32. The highest BCUT2D eigenvalue weighted by Crippen LogP contribution is 2.32. The number of pyridine rings is 1. The van der Waals surface area contributed by atoms with Crippen LogP contribution in [-0.4, -0.2) is 48.3 Å². The molecule has 1 amide bonds. The van der Waals surface area contributed by atoms with E-state index in [1.54, 1.807) is 4.90 Å². The molecule has 2 atom stereocenters. The molecule has 0 saturated carbocycles. The number of ether oxygens (including phenoxy) is 1. The maximum absolute atomic E-state index is 12.7. The number of fused-ring (bicyclic) bond motifs is 1. The van der Waals surface area contributed by atoms with E-state index >= 15 is 0 Å². The van der Waals surface area contributed by atoms with E-state index in [-0.39, 0.29) is 31.4 Å². The molecule has 0 unspecified atom stereocenters. The third-order valence-corrected chi connectivity index (χ3v) is 5.56. The van der Waals surface area contributed by atoms with Crippen molar-refractivity contribution in [1.29, 1.82) is 0 Å². The Kier molecular flexibility index (Phi) is 20.5. The van der Waals surface area contributed by atoms with Crippen molar-refractivity contribution >= 4 is 5.91 Å². The van der Waals surface area contributed by atoms with E-state index in [0.717, 1.165) is 18.7 Å². The number of amides is 1. The van der Waals surface area contributed by atoms with Crippen molar-refractivity contribution in [3.63, 3.8) is 0 Å². The smallest absolute Gasteiger partial charge is 0.381 e. The Morgan fingerprint density at radius 3 is 2.23 bits per heavy atom. The molecule has 0 bridgehead atoms. The van der Waals surface area contributed by atoms with Gasteiger partial charge in [0.1, 0.15) is 0 Å². The number of alkyl halides is 6. The van der Waals surface area contributed by atoms with Crippen molar-refractivity contribution < 1.29 is 35.9 Å². The minimum Gasteiger partial charge on any atom is -0.381 e. The van der Waals surface area contributed by atoms with Gasteiger partial charge in [-0.25, -0.2) is 0 Å². The Bertz CT molecular complexity index is 807. The number of hydrogen-bond acceptors (Lipinski definition) is 4. The number of terminal acetylenes is 1. The van der Waals surface area contributed by atoms with Gasteiger partial charge in [-0.05, 0) is 43.9 Å². The molecule has 1 saturated heterocycles. The van der Waals surface area contributed by atoms with Gasteiger partial charge < -0.3 is 15.4 Å². The molecule has 3 rings (SSSR count). The molecule has 5 nitrogen and oxygen atoms in total. The standard InChI is InChI=1S/C15H20F3N3O.C6H9F3O.C3H8.C2H6.C2H2/c1-10(3-2-5-19)14(22)21-6-4-13-11(9-21)7-12(8-20-13)15(16,17)18;7-6(8,9)5-2-1-3-10-4-5;1-3-2;2*1-2/h7-8,10H,2-6,9,19H2,1H3;5H,1-4H2;3H2,1-2H3;1-2H3;1-2H/t10-;5-;;;/m10.../s1. The quantitative estimate of drug-likeness (QED) is 0.312. The third-order valence-electron chi connectivity index (χ3n) is 5.56. The van der Waals surface area contributed by atoms with Crippen molar-refractivity contribution in [3.8, 4) is 12.8 Å². The lowest BCUT2D eigenvalue weighted by Gasteiger charge is -2.30. The monoisotopic (exact) mass is 569 g/mol. The van der Waals surface area contributed by atoms with Crippen LogP contribution in [0.25, 0.3) is 0 Å². The van der Waals surface area contributed by atoms with Crippen LogP contribution in [0.2, 0.25) is 0 Å². The van der Waals surface area contributed by atoms with Crippen LogP contribution in [0.3, 0.4) is 0 Å². The van der Waals surface area contributed by atoms with Gasteiger partial charge in [0.15, 0.2) is 0 Å². The van der Waals surface area contributed by atoms with Gasteiger partial charge in [0.2, 0.25) is 5.91 Å². The van der Waals surface area contributed by atoms with Crippen LogP contribution in [-0.2, 0) is 28.7 Å². The molecule has 0 aliphatic carbocycles. The highest BCUT2D eigenvalue weighted by Gasteiger charge is 2.40. The summed E-state index contributed by atoms with van der Waals surface area (Å²) in [5.74, 6) is -1.42. The zero-order valence-corrected chi connectivity index (χ0v) is 23.8. The first kappa shape index (κ1) is 38.8. The molecule has 226 valence electrons. The Morgan fingerprint density at radius 2 is 1.79 bits per heavy atom. The lowest BCUT2D eigenvalue weighted by molar-refractivity contribution is -0.199. The molecule has 0 radical (unpaired) electrons. The van der Waals surface area contributed by atoms with Crippen LogP contribution >= 0.6 is 0 Å². The summed E-state index contributed by atoms with van der Waals surface area (Å²) in [5, 5.41) is 0. The van der Waals surface area contributed by atoms with Crippen LogP contribution in [0.4, 0.5) is 26.3 Å². The predicted molar refractivity (Wildman–Crippen MR) is 143 cm³/mol. The number of carbonyl (C=O) groups excluding carboxylic acids is 1. The summed E-state index contributed by atoms with van der Waals surface area (Å²) in [7, 11) is 0. The SMILES string of the molecule is C#C.CC.CCC.C[C@H](CCCN)C(=O)N1CCc2ncc(C(F)(F)F)cc2C1.FC(F)(F)[C@H]1CCCOC1. The molecule has 0 spiro atoms. The zero-order valence-electron chi connectivity index (χ0n) is 23.8. The summed E-state index contributed by atoms with van der Waals surface area (Å²) in [5.41, 5.74) is 5.80. The fourth-order valence-electron chi connectivity index (χ4n) is 3.63. The zero-order chi connectivity index (χ0) is 30.6. The van der Waals surface area contributed by atoms with Crippen LogP contribution in [0, 0.1) is 24.7 Å². The van der Waals surface area contributed by atoms with E-state index in [9.17, 15) is 31.1 Å². The van der Waals surface area contributed by atoms with Crippen LogP contribution in [0.15, 0.2) is 12.3 Å². The van der Waals surface area contributed by atoms with E-state index < -0.39 is 23.8 Å². The molecule has 39 heavy (non-hydrogen) atoms. The normalized spacial score (nSPS) is 17.2. The van der Waals surface area contributed by atoms with E-state index in [1.807, 2.05) is 20.8 Å². The van der Waals surface area contributed by atoms with Gasteiger partial charge in [-0.3, -0.25) is 9.78 Å². The van der Waals surface area contributed by atoms with E-state index in [1.165, 1.54) is 6.42 Å². The average molecular weight is 570 g/mol. The maximum Gasteiger partial charge on any atom is 0.417 e. The number of halogens is 6. The lowest BCUT2D eigenvalue weighted by Crippen LogP contribution is -2.39. The first-order valence-corrected chi connectivity index (χ1v) is 13.4. The number of rotatable bonds is 4. The highest BCUT2D eigenvalue weighted by molar-refractivity contribution is 5.78. The summed E-state index contributed by atoms with van der Waals surface area (Å²) in [6.07, 6.45) is 4.34. The summed E-state index contributed by atoms with van der Waals surface area (Å²) in [6.45, 7) is 11.6. The van der Waals surface area contributed by atoms with Gasteiger partial charge in [0.05, 0.1) is 18.1 Å². The van der Waals surface area contributed by atoms with Gasteiger partial charge >= 0.3 is 12.4 Å². The molecular weight excluding hydrogens is 524 g/mol. The second-order valence-corrected chi connectivity index (χ2v) is 8.83. The summed E-state index contributed by atoms with van der Waals surface area (Å²) < 4.78 is 78.5. The largest absolute Gasteiger partial charge is 0.417 e. The molecular formula is C28H45F6N3O2. The molecule has 2 aliphatic rings. The molecule has 1 aromatic rings. The summed E-state index contributed by atoms with van der Waals surface area (Å²) in [4.78, 5) is 17.9. The fraction of sp³-hybridized carbons (Fsp3) is 0.714. The first-order valence-electron chi connectivity index (χ1n) is 13.4. The molecule has 2 N–H and O–H groups in total. The number of aromatic nitrogens is 1. The molecule has 11 heteroatoms. The second kappa shape index (κ2) is 20.6. The molecule has 3 heterocycles. The van der Waals surface area contributed by atoms with Crippen molar-refractivity contribution in [2.24, 2.45) is 17.6 Å². The van der Waals surface area contributed by atoms with Gasteiger partial charge in [-0.1, -0.05) is 41.0 Å². The van der Waals surface area contributed by atoms with Gasteiger partial charge in [0, 0.05) is 43.9 Å². The van der Waals surface area contributed by atoms with E-state index in [2.05, 4.69) is 36.4 Å². The number of carbonyl (C=O) groups is 1. The average Bonchev–Trinajstić information content (AvgIpc) is 2.93. The minimum atomic E-state index is -4.41. The highest BCUT2D eigenvalue weighted by atomic mass is 19.4. The molecule has 1 fully saturated rings. The van der Waals surface area contributed by atoms with Crippen molar-refractivity contribution in [2.75, 3.05) is 26.3 Å². The van der Waals surface area contributed by atoms with Crippen LogP contribution in [0.5, 0.6) is 0 Å². The van der Waals surface area contributed by atoms with Gasteiger partial charge in [0.25, 0.3) is 0 Å². The second-order valence-electron chi connectivity index (χ2n) is 8.83. The topological polar surface area (TPSA) is 68.5 Å². The molecule has 2 aliphatic heterocycles. The number of hydrogen-bond donors (Lipinski definition) is 1. The predicted octanol–water partition coefficient (Wildman–Crippen LogP) is 7.03. The Morgan fingerprint density at radius 1 is 1.21 bits per heavy atom. The van der Waals surface area contributed by atoms with E-state index in [4.69, 9.17) is 5.73 Å². The third kappa shape index (κ3) is 15.2. The van der Waals surface area contributed by atoms with Crippen LogP contribution in [0.1, 0.15) is 83.5 Å². The molecule has 1 aromatic heterocycles. The lowest BCUT2D eigenvalue weighted by atomic mass is 9.99. The Balaban J connectivity index is 0. The summed E-state index contributed by atoms with van der Waals surface area (Å²) >= 11 is 0. The van der Waals surface area contributed by atoms with Crippen LogP contribution < -0.4 is 5.73 Å². The van der Waals surface area contributed by atoms with Crippen molar-refractivity contribution in [3.05, 3.63) is 29.1 Å². The minimum absolute atomic E-state index is 0.0310. The molecule has 0 aromatic carbocycles. The van der Waals surface area contributed by atoms with Gasteiger partial charge in [-0.15, -0.1) is 12.8 Å². The number of nitrogens with two attached hydrogens (primary N) is 1. The van der Waals surface area contributed by atoms with Crippen molar-refractivity contribution in [2.45, 2.75) is 92.0 Å².